The van der Waals surface area contributed by atoms with E-state index < -0.39 is 12.0 Å². The van der Waals surface area contributed by atoms with Gasteiger partial charge in [-0.05, 0) is 12.3 Å². The lowest BCUT2D eigenvalue weighted by Gasteiger charge is -2.17. The minimum Gasteiger partial charge on any atom is -0.467 e. The van der Waals surface area contributed by atoms with Crippen LogP contribution >= 0.6 is 11.3 Å². The highest BCUT2D eigenvalue weighted by Crippen LogP contribution is 2.11. The number of nitrogens with one attached hydrogen (secondary N) is 1. The van der Waals surface area contributed by atoms with Gasteiger partial charge in [0.25, 0.3) is 5.91 Å². The van der Waals surface area contributed by atoms with Gasteiger partial charge in [0, 0.05) is 11.9 Å². The maximum absolute atomic E-state index is 12.0. The number of amides is 1. The summed E-state index contributed by atoms with van der Waals surface area (Å²) < 4.78 is 4.68. The molecule has 0 saturated carbocycles. The first-order chi connectivity index (χ1) is 8.97. The fourth-order valence-electron chi connectivity index (χ4n) is 1.57. The van der Waals surface area contributed by atoms with Gasteiger partial charge < -0.3 is 15.8 Å². The van der Waals surface area contributed by atoms with Crippen molar-refractivity contribution in [3.05, 3.63) is 16.1 Å². The summed E-state index contributed by atoms with van der Waals surface area (Å²) >= 11 is 1.32. The van der Waals surface area contributed by atoms with Crippen molar-refractivity contribution in [3.63, 3.8) is 0 Å². The maximum Gasteiger partial charge on any atom is 0.328 e. The number of hydrogen-bond acceptors (Lipinski definition) is 6. The van der Waals surface area contributed by atoms with Gasteiger partial charge in [0.05, 0.1) is 7.11 Å². The van der Waals surface area contributed by atoms with Crippen LogP contribution in [0.2, 0.25) is 0 Å². The molecule has 0 spiro atoms. The molecule has 1 unspecified atom stereocenters. The van der Waals surface area contributed by atoms with Crippen molar-refractivity contribution in [2.75, 3.05) is 7.11 Å². The number of aromatic nitrogens is 1. The van der Waals surface area contributed by atoms with E-state index in [1.54, 1.807) is 5.38 Å². The molecule has 19 heavy (non-hydrogen) atoms. The Kier molecular flexibility index (Phi) is 5.91. The van der Waals surface area contributed by atoms with Gasteiger partial charge in [-0.15, -0.1) is 11.3 Å². The van der Waals surface area contributed by atoms with Crippen LogP contribution in [0.15, 0.2) is 5.38 Å². The molecule has 6 nitrogen and oxygen atoms in total. The van der Waals surface area contributed by atoms with Gasteiger partial charge in [-0.1, -0.05) is 13.8 Å². The first-order valence-corrected chi connectivity index (χ1v) is 6.89. The van der Waals surface area contributed by atoms with E-state index in [0.29, 0.717) is 18.0 Å². The molecule has 0 fully saturated rings. The summed E-state index contributed by atoms with van der Waals surface area (Å²) in [6.07, 6.45) is 0.520. The van der Waals surface area contributed by atoms with E-state index in [9.17, 15) is 9.59 Å². The third-order valence-corrected chi connectivity index (χ3v) is 3.33. The molecule has 7 heteroatoms. The van der Waals surface area contributed by atoms with E-state index in [4.69, 9.17) is 5.73 Å². The Morgan fingerprint density at radius 2 is 2.21 bits per heavy atom. The number of nitrogens with two attached hydrogens (primary N) is 1. The Bertz CT molecular complexity index is 445. The molecule has 1 aromatic rings. The van der Waals surface area contributed by atoms with Crippen molar-refractivity contribution in [3.8, 4) is 0 Å². The van der Waals surface area contributed by atoms with E-state index in [2.05, 4.69) is 15.0 Å². The van der Waals surface area contributed by atoms with Crippen LogP contribution in [0.3, 0.4) is 0 Å². The molecule has 1 atom stereocenters. The lowest BCUT2D eigenvalue weighted by Crippen LogP contribution is -2.42. The van der Waals surface area contributed by atoms with Crippen molar-refractivity contribution in [2.24, 2.45) is 11.7 Å². The summed E-state index contributed by atoms with van der Waals surface area (Å²) in [5, 5.41) is 4.95. The second-order valence-corrected chi connectivity index (χ2v) is 5.45. The number of carbonyl (C=O) groups is 2. The van der Waals surface area contributed by atoms with Crippen molar-refractivity contribution in [1.29, 1.82) is 0 Å². The van der Waals surface area contributed by atoms with Gasteiger partial charge in [0.15, 0.2) is 0 Å². The highest BCUT2D eigenvalue weighted by molar-refractivity contribution is 7.09. The second kappa shape index (κ2) is 7.20. The predicted octanol–water partition coefficient (Wildman–Crippen LogP) is 0.919. The molecule has 0 aromatic carbocycles. The average molecular weight is 285 g/mol. The van der Waals surface area contributed by atoms with Gasteiger partial charge in [-0.2, -0.15) is 0 Å². The summed E-state index contributed by atoms with van der Waals surface area (Å²) in [7, 11) is 1.30. The standard InChI is InChI=1S/C12H19N3O3S/c1-7(2)4-8(12(17)18-3)15-11(16)9-6-19-10(5-13)14-9/h6-8H,4-5,13H2,1-3H3,(H,15,16). The lowest BCUT2D eigenvalue weighted by atomic mass is 10.0. The summed E-state index contributed by atoms with van der Waals surface area (Å²) in [5.41, 5.74) is 5.72. The van der Waals surface area contributed by atoms with E-state index in [1.807, 2.05) is 13.8 Å². The van der Waals surface area contributed by atoms with E-state index in [0.717, 1.165) is 0 Å². The van der Waals surface area contributed by atoms with Crippen LogP contribution in [0.5, 0.6) is 0 Å². The summed E-state index contributed by atoms with van der Waals surface area (Å²) in [5.74, 6) is -0.567. The number of thiazole rings is 1. The first kappa shape index (κ1) is 15.6. The molecule has 0 aliphatic heterocycles. The average Bonchev–Trinajstić information content (AvgIpc) is 2.85. The number of rotatable bonds is 6. The summed E-state index contributed by atoms with van der Waals surface area (Å²) in [6, 6.07) is -0.652. The third-order valence-electron chi connectivity index (χ3n) is 2.46. The quantitative estimate of drug-likeness (QED) is 0.758. The van der Waals surface area contributed by atoms with Crippen LogP contribution in [0.1, 0.15) is 35.8 Å². The highest BCUT2D eigenvalue weighted by Gasteiger charge is 2.24. The molecular weight excluding hydrogens is 266 g/mol. The molecule has 3 N–H and O–H groups in total. The van der Waals surface area contributed by atoms with E-state index in [-0.39, 0.29) is 17.5 Å². The van der Waals surface area contributed by atoms with Gasteiger partial charge in [0.1, 0.15) is 16.7 Å². The summed E-state index contributed by atoms with van der Waals surface area (Å²) in [4.78, 5) is 27.6. The maximum atomic E-state index is 12.0. The van der Waals surface area contributed by atoms with E-state index >= 15 is 0 Å². The van der Waals surface area contributed by atoms with Crippen LogP contribution in [0.4, 0.5) is 0 Å². The Hall–Kier alpha value is -1.47. The number of ether oxygens (including phenoxy) is 1. The highest BCUT2D eigenvalue weighted by atomic mass is 32.1. The molecule has 1 amide bonds. The fraction of sp³-hybridized carbons (Fsp3) is 0.583. The number of hydrogen-bond donors (Lipinski definition) is 2. The van der Waals surface area contributed by atoms with Crippen LogP contribution < -0.4 is 11.1 Å². The van der Waals surface area contributed by atoms with Gasteiger partial charge >= 0.3 is 5.97 Å². The minimum absolute atomic E-state index is 0.263. The molecule has 0 bridgehead atoms. The zero-order valence-corrected chi connectivity index (χ0v) is 12.1. The number of methoxy groups -OCH3 is 1. The Labute approximate surface area is 116 Å². The first-order valence-electron chi connectivity index (χ1n) is 6.01. The molecular formula is C12H19N3O3S. The fourth-order valence-corrected chi connectivity index (χ4v) is 2.22. The monoisotopic (exact) mass is 285 g/mol. The van der Waals surface area contributed by atoms with Crippen molar-refractivity contribution < 1.29 is 14.3 Å². The summed E-state index contributed by atoms with van der Waals surface area (Å²) in [6.45, 7) is 4.24. The van der Waals surface area contributed by atoms with Crippen molar-refractivity contribution in [2.45, 2.75) is 32.9 Å². The third kappa shape index (κ3) is 4.60. The zero-order valence-electron chi connectivity index (χ0n) is 11.3. The topological polar surface area (TPSA) is 94.3 Å². The lowest BCUT2D eigenvalue weighted by molar-refractivity contribution is -0.143. The predicted molar refractivity (Wildman–Crippen MR) is 72.7 cm³/mol. The number of carbonyl (C=O) groups excluding carboxylic acids is 2. The van der Waals surface area contributed by atoms with Gasteiger partial charge in [-0.25, -0.2) is 9.78 Å². The molecule has 1 aromatic heterocycles. The van der Waals surface area contributed by atoms with Crippen LogP contribution in [-0.2, 0) is 16.1 Å². The largest absolute Gasteiger partial charge is 0.467 e. The molecule has 0 aliphatic carbocycles. The van der Waals surface area contributed by atoms with Crippen LogP contribution in [0.25, 0.3) is 0 Å². The van der Waals surface area contributed by atoms with Crippen molar-refractivity contribution in [1.82, 2.24) is 10.3 Å². The minimum atomic E-state index is -0.652. The number of nitrogens with zero attached hydrogens (tertiary/aromatic N) is 1. The molecule has 0 radical (unpaired) electrons. The molecule has 0 aliphatic rings. The van der Waals surface area contributed by atoms with Crippen LogP contribution in [0, 0.1) is 5.92 Å². The second-order valence-electron chi connectivity index (χ2n) is 4.51. The number of esters is 1. The van der Waals surface area contributed by atoms with E-state index in [1.165, 1.54) is 18.4 Å². The molecule has 0 saturated heterocycles. The Morgan fingerprint density at radius 3 is 2.68 bits per heavy atom. The molecule has 1 heterocycles. The SMILES string of the molecule is COC(=O)C(CC(C)C)NC(=O)c1csc(CN)n1. The normalized spacial score (nSPS) is 12.3. The van der Waals surface area contributed by atoms with Crippen LogP contribution in [-0.4, -0.2) is 30.0 Å². The smallest absolute Gasteiger partial charge is 0.328 e. The van der Waals surface area contributed by atoms with Gasteiger partial charge in [0.2, 0.25) is 0 Å². The Balaban J connectivity index is 2.72. The van der Waals surface area contributed by atoms with Gasteiger partial charge in [-0.3, -0.25) is 4.79 Å². The molecule has 1 rings (SSSR count). The Morgan fingerprint density at radius 1 is 1.53 bits per heavy atom. The van der Waals surface area contributed by atoms with Crippen molar-refractivity contribution >= 4 is 23.2 Å². The zero-order chi connectivity index (χ0) is 14.4. The molecule has 106 valence electrons.